The first kappa shape index (κ1) is 19.3. The molecule has 1 fully saturated rings. The van der Waals surface area contributed by atoms with Gasteiger partial charge in [0.25, 0.3) is 0 Å². The molecule has 1 N–H and O–H groups in total. The molecule has 0 aliphatic carbocycles. The normalized spacial score (nSPS) is 21.2. The van der Waals surface area contributed by atoms with Crippen LogP contribution in [0.15, 0.2) is 30.3 Å². The van der Waals surface area contributed by atoms with Crippen molar-refractivity contribution >= 4 is 12.0 Å². The van der Waals surface area contributed by atoms with E-state index < -0.39 is 0 Å². The molecule has 2 rings (SSSR count). The monoisotopic (exact) mass is 346 g/mol. The number of hydrogen-bond donors (Lipinski definition) is 1. The van der Waals surface area contributed by atoms with E-state index in [1.165, 1.54) is 0 Å². The lowest BCUT2D eigenvalue weighted by Gasteiger charge is -2.47. The summed E-state index contributed by atoms with van der Waals surface area (Å²) >= 11 is 0. The molecule has 1 aromatic rings. The summed E-state index contributed by atoms with van der Waals surface area (Å²) in [5.74, 6) is 0.388. The average molecular weight is 346 g/mol. The maximum Gasteiger partial charge on any atom is 0.412 e. The van der Waals surface area contributed by atoms with E-state index in [4.69, 9.17) is 4.74 Å². The molecule has 2 atom stereocenters. The van der Waals surface area contributed by atoms with Crippen LogP contribution in [0.25, 0.3) is 0 Å². The summed E-state index contributed by atoms with van der Waals surface area (Å²) < 4.78 is 5.58. The third-order valence-corrected chi connectivity index (χ3v) is 4.37. The van der Waals surface area contributed by atoms with Crippen molar-refractivity contribution in [2.45, 2.75) is 66.3 Å². The minimum absolute atomic E-state index is 0.00214. The molecule has 0 bridgehead atoms. The topological polar surface area (TPSA) is 58.6 Å². The van der Waals surface area contributed by atoms with Crippen LogP contribution in [0.5, 0.6) is 0 Å². The Morgan fingerprint density at radius 3 is 2.48 bits per heavy atom. The molecule has 0 saturated carbocycles. The van der Waals surface area contributed by atoms with Crippen molar-refractivity contribution in [2.24, 2.45) is 11.3 Å². The second-order valence-corrected chi connectivity index (χ2v) is 8.27. The number of rotatable bonds is 4. The maximum atomic E-state index is 12.9. The molecule has 1 heterocycles. The third kappa shape index (κ3) is 5.21. The summed E-state index contributed by atoms with van der Waals surface area (Å²) in [5.41, 5.74) is 0.668. The summed E-state index contributed by atoms with van der Waals surface area (Å²) in [6, 6.07) is 9.49. The van der Waals surface area contributed by atoms with Crippen LogP contribution in [0, 0.1) is 11.3 Å². The second kappa shape index (κ2) is 7.89. The highest BCUT2D eigenvalue weighted by atomic mass is 16.6. The van der Waals surface area contributed by atoms with Crippen LogP contribution >= 0.6 is 0 Å². The number of hydrogen-bond acceptors (Lipinski definition) is 3. The maximum absolute atomic E-state index is 12.9. The Morgan fingerprint density at radius 1 is 1.28 bits per heavy atom. The van der Waals surface area contributed by atoms with Gasteiger partial charge in [-0.2, -0.15) is 0 Å². The Kier molecular flexibility index (Phi) is 6.09. The minimum Gasteiger partial charge on any atom is -0.444 e. The lowest BCUT2D eigenvalue weighted by Crippen LogP contribution is -2.65. The van der Waals surface area contributed by atoms with Gasteiger partial charge in [-0.3, -0.25) is 9.69 Å². The van der Waals surface area contributed by atoms with E-state index in [9.17, 15) is 9.59 Å². The fourth-order valence-electron chi connectivity index (χ4n) is 3.23. The zero-order chi connectivity index (χ0) is 18.6. The fourth-order valence-corrected chi connectivity index (χ4v) is 3.23. The molecule has 1 aliphatic rings. The summed E-state index contributed by atoms with van der Waals surface area (Å²) in [6.45, 7) is 10.5. The van der Waals surface area contributed by atoms with E-state index in [1.807, 2.05) is 51.1 Å². The number of carbonyl (C=O) groups is 2. The molecule has 0 aromatic heterocycles. The molecule has 5 heteroatoms. The van der Waals surface area contributed by atoms with Gasteiger partial charge in [-0.15, -0.1) is 0 Å². The van der Waals surface area contributed by atoms with E-state index in [1.54, 1.807) is 4.90 Å². The van der Waals surface area contributed by atoms with Crippen LogP contribution in [-0.2, 0) is 16.1 Å². The SMILES string of the molecule is CC(C)C[C@H]1CC(=O)N[C@H](C(C)(C)C)N1C(=O)OCc1ccccc1. The quantitative estimate of drug-likeness (QED) is 0.898. The summed E-state index contributed by atoms with van der Waals surface area (Å²) in [6.07, 6.45) is 0.362. The molecule has 25 heavy (non-hydrogen) atoms. The van der Waals surface area contributed by atoms with Crippen molar-refractivity contribution in [3.8, 4) is 0 Å². The number of ether oxygens (including phenoxy) is 1. The predicted octanol–water partition coefficient (Wildman–Crippen LogP) is 3.93. The van der Waals surface area contributed by atoms with Crippen molar-refractivity contribution in [1.29, 1.82) is 0 Å². The number of carbonyl (C=O) groups excluding carboxylic acids is 2. The van der Waals surface area contributed by atoms with E-state index in [0.717, 1.165) is 12.0 Å². The molecule has 1 saturated heterocycles. The molecule has 1 aromatic carbocycles. The first-order valence-corrected chi connectivity index (χ1v) is 8.97. The smallest absolute Gasteiger partial charge is 0.412 e. The van der Waals surface area contributed by atoms with E-state index in [2.05, 4.69) is 19.2 Å². The fraction of sp³-hybridized carbons (Fsp3) is 0.600. The largest absolute Gasteiger partial charge is 0.444 e. The van der Waals surface area contributed by atoms with Crippen molar-refractivity contribution in [1.82, 2.24) is 10.2 Å². The molecule has 138 valence electrons. The Morgan fingerprint density at radius 2 is 1.92 bits per heavy atom. The van der Waals surface area contributed by atoms with Gasteiger partial charge in [-0.25, -0.2) is 4.79 Å². The lowest BCUT2D eigenvalue weighted by atomic mass is 9.86. The Bertz CT molecular complexity index is 593. The number of nitrogens with zero attached hydrogens (tertiary/aromatic N) is 1. The Balaban J connectivity index is 2.19. The summed E-state index contributed by atoms with van der Waals surface area (Å²) in [7, 11) is 0. The molecule has 1 aliphatic heterocycles. The van der Waals surface area contributed by atoms with Crippen LogP contribution in [0.2, 0.25) is 0 Å². The van der Waals surface area contributed by atoms with Gasteiger partial charge in [0.05, 0.1) is 0 Å². The lowest BCUT2D eigenvalue weighted by molar-refractivity contribution is -0.131. The standard InChI is InChI=1S/C20H30N2O3/c1-14(2)11-16-12-17(23)21-18(20(3,4)5)22(16)19(24)25-13-15-9-7-6-8-10-15/h6-10,14,16,18H,11-13H2,1-5H3,(H,21,23)/t16-,18-/m0/s1. The number of amides is 2. The average Bonchev–Trinajstić information content (AvgIpc) is 2.51. The molecular weight excluding hydrogens is 316 g/mol. The van der Waals surface area contributed by atoms with Gasteiger partial charge in [-0.1, -0.05) is 65.0 Å². The zero-order valence-electron chi connectivity index (χ0n) is 15.9. The van der Waals surface area contributed by atoms with Gasteiger partial charge < -0.3 is 10.1 Å². The van der Waals surface area contributed by atoms with Gasteiger partial charge in [0, 0.05) is 17.9 Å². The van der Waals surface area contributed by atoms with Crippen molar-refractivity contribution in [3.63, 3.8) is 0 Å². The minimum atomic E-state index is -0.374. The van der Waals surface area contributed by atoms with Crippen molar-refractivity contribution < 1.29 is 14.3 Å². The zero-order valence-corrected chi connectivity index (χ0v) is 15.9. The highest BCUT2D eigenvalue weighted by molar-refractivity contribution is 5.80. The van der Waals surface area contributed by atoms with Gasteiger partial charge in [0.15, 0.2) is 0 Å². The second-order valence-electron chi connectivity index (χ2n) is 8.27. The van der Waals surface area contributed by atoms with Crippen LogP contribution in [-0.4, -0.2) is 29.1 Å². The van der Waals surface area contributed by atoms with Crippen LogP contribution in [0.3, 0.4) is 0 Å². The third-order valence-electron chi connectivity index (χ3n) is 4.37. The molecule has 0 spiro atoms. The summed E-state index contributed by atoms with van der Waals surface area (Å²) in [5, 5.41) is 2.97. The molecular formula is C20H30N2O3. The first-order valence-electron chi connectivity index (χ1n) is 8.97. The predicted molar refractivity (Wildman–Crippen MR) is 97.7 cm³/mol. The molecule has 2 amide bonds. The molecule has 0 unspecified atom stereocenters. The van der Waals surface area contributed by atoms with Crippen LogP contribution in [0.1, 0.15) is 53.0 Å². The Labute approximate surface area is 150 Å². The van der Waals surface area contributed by atoms with Crippen molar-refractivity contribution in [3.05, 3.63) is 35.9 Å². The molecule has 5 nitrogen and oxygen atoms in total. The van der Waals surface area contributed by atoms with E-state index in [0.29, 0.717) is 12.3 Å². The summed E-state index contributed by atoms with van der Waals surface area (Å²) in [4.78, 5) is 26.8. The van der Waals surface area contributed by atoms with E-state index in [-0.39, 0.29) is 36.2 Å². The highest BCUT2D eigenvalue weighted by Crippen LogP contribution is 2.31. The number of nitrogens with one attached hydrogen (secondary N) is 1. The van der Waals surface area contributed by atoms with Gasteiger partial charge >= 0.3 is 6.09 Å². The van der Waals surface area contributed by atoms with E-state index >= 15 is 0 Å². The van der Waals surface area contributed by atoms with Gasteiger partial charge in [0.1, 0.15) is 12.8 Å². The van der Waals surface area contributed by atoms with Crippen LogP contribution < -0.4 is 5.32 Å². The first-order chi connectivity index (χ1) is 11.7. The number of benzene rings is 1. The highest BCUT2D eigenvalue weighted by Gasteiger charge is 2.43. The Hall–Kier alpha value is -2.04. The van der Waals surface area contributed by atoms with Crippen LogP contribution in [0.4, 0.5) is 4.79 Å². The van der Waals surface area contributed by atoms with Gasteiger partial charge in [-0.05, 0) is 17.9 Å². The van der Waals surface area contributed by atoms with Gasteiger partial charge in [0.2, 0.25) is 5.91 Å². The van der Waals surface area contributed by atoms with Crippen molar-refractivity contribution in [2.75, 3.05) is 0 Å². The molecule has 0 radical (unpaired) electrons.